The standard InChI is InChI=1S/2C8H7N3O.2C2N3.Cu/c2*12-8-3-1-7(2-4-8)11-6-9-5-10-11;2*3-1-5-2-4;/h2*1-6,12H;;;/q;;2*-1;+2. The van der Waals surface area contributed by atoms with Gasteiger partial charge in [0.2, 0.25) is 0 Å². The van der Waals surface area contributed by atoms with Crippen molar-refractivity contribution in [2.24, 2.45) is 9.98 Å². The second-order valence-electron chi connectivity index (χ2n) is 5.34. The molecule has 4 aromatic rings. The first-order valence-electron chi connectivity index (χ1n) is 8.79. The molecule has 0 bridgehead atoms. The van der Waals surface area contributed by atoms with Gasteiger partial charge in [0.1, 0.15) is 36.8 Å². The van der Waals surface area contributed by atoms with Gasteiger partial charge < -0.3 is 31.0 Å². The summed E-state index contributed by atoms with van der Waals surface area (Å²) in [5.74, 6) is 0.498. The number of hydrogen-bond donors (Lipinski definition) is 2. The van der Waals surface area contributed by atoms with E-state index in [1.807, 2.05) is 0 Å². The summed E-state index contributed by atoms with van der Waals surface area (Å²) < 4.78 is 3.25. The predicted octanol–water partition coefficient (Wildman–Crippen LogP) is 2.36. The number of aliphatic imine (C=N–C) groups is 2. The molecule has 0 aliphatic heterocycles. The Balaban J connectivity index is 0.000000475. The van der Waals surface area contributed by atoms with Crippen LogP contribution in [0.3, 0.4) is 0 Å². The van der Waals surface area contributed by atoms with Gasteiger partial charge in [-0.3, -0.25) is 0 Å². The third-order valence-corrected chi connectivity index (χ3v) is 3.27. The third kappa shape index (κ3) is 12.3. The van der Waals surface area contributed by atoms with Gasteiger partial charge in [0.15, 0.2) is 0 Å². The van der Waals surface area contributed by atoms with Gasteiger partial charge in [-0.15, -0.1) is 12.0 Å². The van der Waals surface area contributed by atoms with Crippen LogP contribution < -0.4 is 0 Å². The number of aromatic hydroxyl groups is 2. The summed E-state index contributed by atoms with van der Waals surface area (Å²) in [7, 11) is 0. The second kappa shape index (κ2) is 18.2. The summed E-state index contributed by atoms with van der Waals surface area (Å²) in [5.41, 5.74) is 1.76. The molecule has 0 saturated carbocycles. The second-order valence-corrected chi connectivity index (χ2v) is 5.34. The summed E-state index contributed by atoms with van der Waals surface area (Å²) >= 11 is 0. The number of nitrogens with zero attached hydrogens (tertiary/aromatic N) is 12. The van der Waals surface area contributed by atoms with Gasteiger partial charge >= 0.3 is 17.1 Å². The van der Waals surface area contributed by atoms with Gasteiger partial charge in [-0.2, -0.15) is 20.7 Å². The quantitative estimate of drug-likeness (QED) is 0.227. The Morgan fingerprint density at radius 1 is 0.686 bits per heavy atom. The third-order valence-electron chi connectivity index (χ3n) is 3.27. The van der Waals surface area contributed by atoms with Crippen LogP contribution in [0.2, 0.25) is 0 Å². The Kier molecular flexibility index (Phi) is 15.4. The molecule has 0 spiro atoms. The first-order chi connectivity index (χ1) is 16.5. The van der Waals surface area contributed by atoms with Gasteiger partial charge in [-0.1, -0.05) is 0 Å². The number of benzene rings is 2. The minimum atomic E-state index is 0. The van der Waals surface area contributed by atoms with Crippen LogP contribution in [0.1, 0.15) is 0 Å². The maximum Gasteiger partial charge on any atom is 2.00 e. The molecule has 0 aliphatic carbocycles. The molecule has 0 unspecified atom stereocenters. The molecule has 2 aromatic heterocycles. The van der Waals surface area contributed by atoms with Gasteiger partial charge in [0.25, 0.3) is 0 Å². The fourth-order valence-electron chi connectivity index (χ4n) is 1.94. The maximum absolute atomic E-state index is 9.01. The van der Waals surface area contributed by atoms with Crippen molar-refractivity contribution in [2.75, 3.05) is 0 Å². The summed E-state index contributed by atoms with van der Waals surface area (Å²) in [6, 6.07) is 16.1. The van der Waals surface area contributed by atoms with E-state index in [1.54, 1.807) is 70.5 Å². The van der Waals surface area contributed by atoms with Crippen molar-refractivity contribution in [1.29, 1.82) is 10.5 Å². The van der Waals surface area contributed by atoms with Crippen molar-refractivity contribution in [2.45, 2.75) is 0 Å². The average molecular weight is 518 g/mol. The number of hydrogen-bond acceptors (Lipinski definition) is 10. The fraction of sp³-hybridized carbons (Fsp3) is 0. The molecule has 15 heteroatoms. The average Bonchev–Trinajstić information content (AvgIpc) is 3.58. The smallest absolute Gasteiger partial charge is 0.508 e. The molecule has 1 radical (unpaired) electrons. The van der Waals surface area contributed by atoms with E-state index in [1.165, 1.54) is 37.1 Å². The molecule has 35 heavy (non-hydrogen) atoms. The van der Waals surface area contributed by atoms with Gasteiger partial charge in [0, 0.05) is 0 Å². The first kappa shape index (κ1) is 29.6. The minimum absolute atomic E-state index is 0. The number of nitriles is 2. The zero-order chi connectivity index (χ0) is 25.0. The summed E-state index contributed by atoms with van der Waals surface area (Å²) in [4.78, 5) is 12.8. The molecule has 0 amide bonds. The molecule has 2 aromatic carbocycles. The summed E-state index contributed by atoms with van der Waals surface area (Å²) in [6.07, 6.45) is 8.70. The zero-order valence-corrected chi connectivity index (χ0v) is 18.4. The van der Waals surface area contributed by atoms with E-state index in [2.05, 4.69) is 30.2 Å². The molecule has 14 nitrogen and oxygen atoms in total. The van der Waals surface area contributed by atoms with E-state index in [-0.39, 0.29) is 28.6 Å². The molecule has 177 valence electrons. The predicted molar refractivity (Wildman–Crippen MR) is 119 cm³/mol. The van der Waals surface area contributed by atoms with Crippen molar-refractivity contribution in [3.63, 3.8) is 0 Å². The van der Waals surface area contributed by atoms with Crippen LogP contribution in [0.25, 0.3) is 22.2 Å². The molecular formula is C20H14CuN12O2. The van der Waals surface area contributed by atoms with Gasteiger partial charge in [-0.05, 0) is 48.5 Å². The SMILES string of the molecule is N#CN=C=[N-].N#CN=C=[N-].Oc1ccc(-n2cncn2)cc1.Oc1ccc(-n2cncn2)cc1.[Cu+2]. The molecule has 0 aliphatic rings. The molecule has 0 saturated heterocycles. The summed E-state index contributed by atoms with van der Waals surface area (Å²) in [6.45, 7) is 0. The first-order valence-corrected chi connectivity index (χ1v) is 8.79. The normalized spacial score (nSPS) is 7.94. The Labute approximate surface area is 209 Å². The van der Waals surface area contributed by atoms with Crippen LogP contribution in [0.15, 0.2) is 83.8 Å². The van der Waals surface area contributed by atoms with Crippen molar-refractivity contribution in [3.8, 4) is 35.3 Å². The minimum Gasteiger partial charge on any atom is -0.508 e. The van der Waals surface area contributed by atoms with Crippen LogP contribution in [0, 0.1) is 22.9 Å². The molecular weight excluding hydrogens is 504 g/mol. The van der Waals surface area contributed by atoms with E-state index in [9.17, 15) is 0 Å². The van der Waals surface area contributed by atoms with Crippen LogP contribution >= 0.6 is 0 Å². The van der Waals surface area contributed by atoms with Crippen molar-refractivity contribution in [3.05, 3.63) is 84.7 Å². The molecule has 0 fully saturated rings. The Morgan fingerprint density at radius 2 is 1.03 bits per heavy atom. The Morgan fingerprint density at radius 3 is 1.23 bits per heavy atom. The molecule has 2 heterocycles. The van der Waals surface area contributed by atoms with Crippen molar-refractivity contribution >= 4 is 12.0 Å². The van der Waals surface area contributed by atoms with Crippen LogP contribution in [0.4, 0.5) is 0 Å². The maximum atomic E-state index is 9.01. The Bertz CT molecular complexity index is 1180. The van der Waals surface area contributed by atoms with E-state index in [0.717, 1.165) is 11.4 Å². The number of phenols is 2. The van der Waals surface area contributed by atoms with Crippen LogP contribution in [0.5, 0.6) is 11.5 Å². The van der Waals surface area contributed by atoms with Gasteiger partial charge in [0.05, 0.1) is 23.8 Å². The van der Waals surface area contributed by atoms with E-state index in [4.69, 9.17) is 31.6 Å². The topological polar surface area (TPSA) is 219 Å². The summed E-state index contributed by atoms with van der Waals surface area (Å²) in [5, 5.41) is 55.6. The molecule has 0 atom stereocenters. The van der Waals surface area contributed by atoms with Crippen molar-refractivity contribution < 1.29 is 27.3 Å². The molecule has 2 N–H and O–H groups in total. The molecule has 4 rings (SSSR count). The van der Waals surface area contributed by atoms with E-state index in [0.29, 0.717) is 0 Å². The number of aromatic nitrogens is 6. The monoisotopic (exact) mass is 517 g/mol. The van der Waals surface area contributed by atoms with Crippen molar-refractivity contribution in [1.82, 2.24) is 29.5 Å². The van der Waals surface area contributed by atoms with E-state index < -0.39 is 0 Å². The fourth-order valence-corrected chi connectivity index (χ4v) is 1.94. The van der Waals surface area contributed by atoms with Crippen LogP contribution in [-0.4, -0.2) is 51.8 Å². The zero-order valence-electron chi connectivity index (χ0n) is 17.5. The Hall–Kier alpha value is -5.42. The number of rotatable bonds is 2. The number of phenolic OH excluding ortho intramolecular Hbond substituents is 2. The van der Waals surface area contributed by atoms with Gasteiger partial charge in [-0.25, -0.2) is 19.3 Å². The van der Waals surface area contributed by atoms with Crippen LogP contribution in [-0.2, 0) is 17.1 Å². The largest absolute Gasteiger partial charge is 2.00 e. The van der Waals surface area contributed by atoms with E-state index >= 15 is 0 Å².